The average Bonchev–Trinajstić information content (AvgIpc) is 2.76. The zero-order valence-electron chi connectivity index (χ0n) is 16.5. The Balaban J connectivity index is 0.00000156. The van der Waals surface area contributed by atoms with Crippen molar-refractivity contribution < 1.29 is 25.7 Å². The number of hydrogen-bond acceptors (Lipinski definition) is 2. The third-order valence-electron chi connectivity index (χ3n) is 4.24. The Hall–Kier alpha value is -0.977. The topological polar surface area (TPSA) is 72.0 Å². The first-order valence-electron chi connectivity index (χ1n) is 8.69. The minimum absolute atomic E-state index is 0. The predicted molar refractivity (Wildman–Crippen MR) is 127 cm³/mol. The Kier molecular flexibility index (Phi) is 12.3. The Morgan fingerprint density at radius 2 is 1.39 bits per heavy atom. The molecule has 166 valence electrons. The molecule has 9 heteroatoms. The van der Waals surface area contributed by atoms with E-state index in [1.165, 1.54) is 6.07 Å². The SMILES string of the molecule is [CH3-].[Cl][Ru+3].[NH-]C(c1ccccc1)C([N-]S(=O)(=O)Cc1cc(Cl)ccc1Cl)c1ccccc1. The van der Waals surface area contributed by atoms with Crippen LogP contribution in [0, 0.1) is 7.43 Å². The average molecular weight is 585 g/mol. The first-order chi connectivity index (χ1) is 14.4. The van der Waals surface area contributed by atoms with Crippen LogP contribution in [0.25, 0.3) is 10.5 Å². The largest absolute Gasteiger partial charge is 0.672 e. The number of benzene rings is 3. The van der Waals surface area contributed by atoms with E-state index in [4.69, 9.17) is 28.9 Å². The van der Waals surface area contributed by atoms with Crippen molar-refractivity contribution in [2.75, 3.05) is 0 Å². The van der Waals surface area contributed by atoms with Crippen LogP contribution < -0.4 is 0 Å². The van der Waals surface area contributed by atoms with Crippen molar-refractivity contribution in [3.05, 3.63) is 123 Å². The van der Waals surface area contributed by atoms with Crippen LogP contribution in [-0.4, -0.2) is 8.42 Å². The molecular weight excluding hydrogens is 564 g/mol. The summed E-state index contributed by atoms with van der Waals surface area (Å²) in [5.74, 6) is -0.378. The first kappa shape index (κ1) is 28.1. The maximum absolute atomic E-state index is 12.8. The predicted octanol–water partition coefficient (Wildman–Crippen LogP) is 7.87. The van der Waals surface area contributed by atoms with Gasteiger partial charge in [0.15, 0.2) is 0 Å². The molecule has 0 fully saturated rings. The summed E-state index contributed by atoms with van der Waals surface area (Å²) in [6.07, 6.45) is 0. The minimum atomic E-state index is -3.91. The van der Waals surface area contributed by atoms with Gasteiger partial charge in [0, 0.05) is 10.0 Å². The summed E-state index contributed by atoms with van der Waals surface area (Å²) in [5, 5.41) is 0.710. The van der Waals surface area contributed by atoms with Crippen molar-refractivity contribution in [2.24, 2.45) is 0 Å². The summed E-state index contributed by atoms with van der Waals surface area (Å²) in [6.45, 7) is 0. The Labute approximate surface area is 208 Å². The molecule has 3 aromatic rings. The molecule has 0 heterocycles. The van der Waals surface area contributed by atoms with Gasteiger partial charge in [0.2, 0.25) is 0 Å². The van der Waals surface area contributed by atoms with Gasteiger partial charge in [-0.2, -0.15) is 0 Å². The second-order valence-corrected chi connectivity index (χ2v) is 8.82. The number of rotatable bonds is 7. The van der Waals surface area contributed by atoms with Crippen LogP contribution in [0.2, 0.25) is 10.0 Å². The fourth-order valence-corrected chi connectivity index (χ4v) is 4.62. The smallest absolute Gasteiger partial charge is 0.0768 e. The van der Waals surface area contributed by atoms with Crippen LogP contribution in [0.3, 0.4) is 0 Å². The molecule has 0 amide bonds. The van der Waals surface area contributed by atoms with E-state index in [2.05, 4.69) is 14.4 Å². The van der Waals surface area contributed by atoms with Crippen LogP contribution in [0.1, 0.15) is 28.8 Å². The molecule has 31 heavy (non-hydrogen) atoms. The number of hydrogen-bond donors (Lipinski definition) is 0. The summed E-state index contributed by atoms with van der Waals surface area (Å²) >= 11 is 13.9. The van der Waals surface area contributed by atoms with Gasteiger partial charge in [-0.25, -0.2) is 8.42 Å². The third kappa shape index (κ3) is 8.47. The van der Waals surface area contributed by atoms with Crippen LogP contribution in [0.4, 0.5) is 0 Å². The number of nitrogens with one attached hydrogen (secondary N) is 1. The Morgan fingerprint density at radius 3 is 1.94 bits per heavy atom. The molecule has 0 aliphatic rings. The van der Waals surface area contributed by atoms with E-state index in [1.54, 1.807) is 48.5 Å². The molecule has 0 aromatic heterocycles. The van der Waals surface area contributed by atoms with Crippen molar-refractivity contribution in [1.29, 1.82) is 0 Å². The molecule has 2 atom stereocenters. The summed E-state index contributed by atoms with van der Waals surface area (Å²) in [5.41, 5.74) is 10.4. The third-order valence-corrected chi connectivity index (χ3v) is 6.06. The number of halogens is 3. The van der Waals surface area contributed by atoms with Gasteiger partial charge < -0.3 is 17.9 Å². The standard InChI is InChI=1S/C21H18Cl2N2O2S.CH3.ClH.Ru/c22-18-11-12-19(23)17(13-18)14-28(26,27)25-21(16-9-5-2-6-10-16)20(24)15-7-3-1-4-8-15;;;/h1-13,20-21,24H,14H2;1H3;1H;/q-2;-1;;+4/p-1. The molecule has 0 saturated carbocycles. The number of nitrogens with zero attached hydrogens (tertiary/aromatic N) is 1. The van der Waals surface area contributed by atoms with Crippen LogP contribution in [0.5, 0.6) is 0 Å². The van der Waals surface area contributed by atoms with Crippen LogP contribution >= 0.6 is 32.9 Å². The zero-order chi connectivity index (χ0) is 22.1. The quantitative estimate of drug-likeness (QED) is 0.209. The fraction of sp³-hybridized carbons (Fsp3) is 0.136. The fourth-order valence-electron chi connectivity index (χ4n) is 2.87. The molecule has 3 aromatic carbocycles. The van der Waals surface area contributed by atoms with E-state index < -0.39 is 22.1 Å². The van der Waals surface area contributed by atoms with E-state index in [-0.39, 0.29) is 13.2 Å². The second kappa shape index (κ2) is 13.5. The normalized spacial score (nSPS) is 12.6. The van der Waals surface area contributed by atoms with E-state index in [1.807, 2.05) is 41.6 Å². The Bertz CT molecular complexity index is 1040. The number of sulfonamides is 1. The minimum Gasteiger partial charge on any atom is -0.672 e. The molecular formula is C22H21Cl3N2O2RuS. The van der Waals surface area contributed by atoms with E-state index >= 15 is 0 Å². The van der Waals surface area contributed by atoms with Crippen molar-refractivity contribution in [3.8, 4) is 0 Å². The summed E-state index contributed by atoms with van der Waals surface area (Å²) in [4.78, 5) is 0. The van der Waals surface area contributed by atoms with Crippen molar-refractivity contribution in [1.82, 2.24) is 0 Å². The van der Waals surface area contributed by atoms with Crippen molar-refractivity contribution in [2.45, 2.75) is 17.8 Å². The van der Waals surface area contributed by atoms with Crippen LogP contribution in [0.15, 0.2) is 78.9 Å². The summed E-state index contributed by atoms with van der Waals surface area (Å²) in [6, 6.07) is 21.0. The van der Waals surface area contributed by atoms with Gasteiger partial charge in [-0.15, -0.1) is 12.1 Å². The van der Waals surface area contributed by atoms with Crippen molar-refractivity contribution in [3.63, 3.8) is 0 Å². The molecule has 0 aliphatic carbocycles. The molecule has 1 N–H and O–H groups in total. The maximum Gasteiger partial charge on any atom is 0.0768 e. The Morgan fingerprint density at radius 1 is 0.871 bits per heavy atom. The molecule has 0 aliphatic heterocycles. The summed E-state index contributed by atoms with van der Waals surface area (Å²) < 4.78 is 29.8. The van der Waals surface area contributed by atoms with Gasteiger partial charge >= 0.3 is 27.0 Å². The van der Waals surface area contributed by atoms with Gasteiger partial charge in [0.05, 0.1) is 15.8 Å². The van der Waals surface area contributed by atoms with Crippen LogP contribution in [-0.2, 0) is 33.1 Å². The molecule has 0 saturated heterocycles. The van der Waals surface area contributed by atoms with Gasteiger partial charge in [0.25, 0.3) is 0 Å². The summed E-state index contributed by atoms with van der Waals surface area (Å²) in [7, 11) is 0.657. The first-order valence-corrected chi connectivity index (χ1v) is 13.3. The molecule has 2 unspecified atom stereocenters. The molecule has 0 bridgehead atoms. The van der Waals surface area contributed by atoms with Gasteiger partial charge in [0.1, 0.15) is 0 Å². The van der Waals surface area contributed by atoms with Gasteiger partial charge in [-0.3, -0.25) is 0 Å². The molecule has 0 spiro atoms. The van der Waals surface area contributed by atoms with Gasteiger partial charge in [-0.05, 0) is 23.8 Å². The van der Waals surface area contributed by atoms with E-state index in [0.717, 1.165) is 0 Å². The monoisotopic (exact) mass is 584 g/mol. The van der Waals surface area contributed by atoms with Crippen molar-refractivity contribution >= 4 is 42.9 Å². The second-order valence-electron chi connectivity index (χ2n) is 6.31. The van der Waals surface area contributed by atoms with E-state index in [9.17, 15) is 8.42 Å². The molecule has 0 radical (unpaired) electrons. The van der Waals surface area contributed by atoms with Gasteiger partial charge in [-0.1, -0.05) is 95.0 Å². The maximum atomic E-state index is 12.8. The molecule has 3 rings (SSSR count). The zero-order valence-corrected chi connectivity index (χ0v) is 21.3. The van der Waals surface area contributed by atoms with E-state index in [0.29, 0.717) is 26.7 Å². The molecule has 4 nitrogen and oxygen atoms in total.